The fourth-order valence-electron chi connectivity index (χ4n) is 3.70. The van der Waals surface area contributed by atoms with Gasteiger partial charge < -0.3 is 10.2 Å². The molecule has 1 aliphatic carbocycles. The van der Waals surface area contributed by atoms with E-state index in [1.54, 1.807) is 24.3 Å². The number of guanidine groups is 1. The summed E-state index contributed by atoms with van der Waals surface area (Å²) in [7, 11) is -3.70. The normalized spacial score (nSPS) is 18.6. The molecule has 1 aliphatic heterocycles. The summed E-state index contributed by atoms with van der Waals surface area (Å²) in [6.07, 6.45) is 5.04. The summed E-state index contributed by atoms with van der Waals surface area (Å²) >= 11 is 0. The van der Waals surface area contributed by atoms with Gasteiger partial charge >= 0.3 is 0 Å². The van der Waals surface area contributed by atoms with Crippen molar-refractivity contribution < 1.29 is 13.2 Å². The van der Waals surface area contributed by atoms with Gasteiger partial charge in [0.05, 0.1) is 11.4 Å². The molecule has 142 valence electrons. The van der Waals surface area contributed by atoms with Crippen LogP contribution in [0.5, 0.6) is 0 Å². The van der Waals surface area contributed by atoms with Gasteiger partial charge in [0.2, 0.25) is 11.9 Å². The Morgan fingerprint density at radius 3 is 2.46 bits per heavy atom. The topological polar surface area (TPSA) is 93.6 Å². The van der Waals surface area contributed by atoms with Crippen molar-refractivity contribution in [2.75, 3.05) is 19.6 Å². The number of sulfonamides is 1. The van der Waals surface area contributed by atoms with Gasteiger partial charge in [-0.2, -0.15) is 0 Å². The molecule has 2 fully saturated rings. The van der Waals surface area contributed by atoms with E-state index in [9.17, 15) is 13.2 Å². The van der Waals surface area contributed by atoms with Crippen LogP contribution >= 0.6 is 0 Å². The summed E-state index contributed by atoms with van der Waals surface area (Å²) < 4.78 is 27.1. The number of hydrogen-bond donors (Lipinski definition) is 2. The average Bonchev–Trinajstić information content (AvgIpc) is 3.24. The third kappa shape index (κ3) is 3.85. The molecule has 1 aromatic rings. The molecule has 0 spiro atoms. The molecule has 3 rings (SSSR count). The van der Waals surface area contributed by atoms with E-state index in [1.807, 2.05) is 4.90 Å². The van der Waals surface area contributed by atoms with Crippen LogP contribution in [0.4, 0.5) is 0 Å². The van der Waals surface area contributed by atoms with Crippen molar-refractivity contribution in [3.8, 4) is 0 Å². The first kappa shape index (κ1) is 18.7. The number of nitrogens with one attached hydrogen (secondary N) is 2. The van der Waals surface area contributed by atoms with Crippen molar-refractivity contribution in [3.63, 3.8) is 0 Å². The van der Waals surface area contributed by atoms with Crippen LogP contribution in [0.25, 0.3) is 0 Å². The number of carbonyl (C=O) groups is 1. The Balaban J connectivity index is 1.68. The smallest absolute Gasteiger partial charge is 0.266 e. The minimum atomic E-state index is -3.70. The summed E-state index contributed by atoms with van der Waals surface area (Å²) in [6, 6.07) is 7.01. The van der Waals surface area contributed by atoms with E-state index < -0.39 is 10.0 Å². The van der Waals surface area contributed by atoms with Crippen molar-refractivity contribution >= 4 is 21.9 Å². The lowest BCUT2D eigenvalue weighted by Crippen LogP contribution is -2.40. The Morgan fingerprint density at radius 1 is 1.19 bits per heavy atom. The number of amides is 1. The zero-order valence-electron chi connectivity index (χ0n) is 15.1. The maximum Gasteiger partial charge on any atom is 0.266 e. The summed E-state index contributed by atoms with van der Waals surface area (Å²) in [5, 5.41) is 11.1. The third-order valence-electron chi connectivity index (χ3n) is 5.12. The molecule has 0 radical (unpaired) electrons. The van der Waals surface area contributed by atoms with Gasteiger partial charge in [0.15, 0.2) is 0 Å². The van der Waals surface area contributed by atoms with Crippen molar-refractivity contribution in [1.29, 1.82) is 5.41 Å². The third-order valence-corrected chi connectivity index (χ3v) is 6.92. The second kappa shape index (κ2) is 7.65. The van der Waals surface area contributed by atoms with Gasteiger partial charge in [-0.25, -0.2) is 12.7 Å². The van der Waals surface area contributed by atoms with Gasteiger partial charge in [-0.05, 0) is 37.0 Å². The number of benzene rings is 1. The van der Waals surface area contributed by atoms with Crippen LogP contribution in [-0.2, 0) is 21.2 Å². The molecular formula is C18H26N4O3S. The number of carbonyl (C=O) groups excluding carboxylic acids is 1. The number of hydrogen-bond acceptors (Lipinski definition) is 4. The second-order valence-corrected chi connectivity index (χ2v) is 8.77. The fraction of sp³-hybridized carbons (Fsp3) is 0.556. The quantitative estimate of drug-likeness (QED) is 0.785. The molecule has 1 saturated carbocycles. The summed E-state index contributed by atoms with van der Waals surface area (Å²) in [5.41, 5.74) is 0.960. The van der Waals surface area contributed by atoms with Gasteiger partial charge in [0.25, 0.3) is 10.0 Å². The molecule has 0 atom stereocenters. The minimum absolute atomic E-state index is 0.0800. The molecule has 0 bridgehead atoms. The summed E-state index contributed by atoms with van der Waals surface area (Å²) in [5.74, 6) is 0.0233. The molecule has 7 nitrogen and oxygen atoms in total. The SMILES string of the molecule is CC(=O)NCCc1ccc(S(=O)(=O)N2CCN(C3CCCC3)C2=N)cc1. The first-order valence-corrected chi connectivity index (χ1v) is 10.5. The van der Waals surface area contributed by atoms with Crippen LogP contribution in [0.2, 0.25) is 0 Å². The standard InChI is InChI=1S/C18H26N4O3S/c1-14(23)20-11-10-15-6-8-17(9-7-15)26(24,25)22-13-12-21(18(22)19)16-4-2-3-5-16/h6-9,16,19H,2-5,10-13H2,1H3,(H,20,23). The summed E-state index contributed by atoms with van der Waals surface area (Å²) in [4.78, 5) is 13.0. The molecule has 1 saturated heterocycles. The highest BCUT2D eigenvalue weighted by Crippen LogP contribution is 2.28. The Labute approximate surface area is 154 Å². The van der Waals surface area contributed by atoms with Gasteiger partial charge in [-0.3, -0.25) is 10.2 Å². The van der Waals surface area contributed by atoms with Crippen molar-refractivity contribution in [1.82, 2.24) is 14.5 Å². The molecule has 2 aliphatic rings. The van der Waals surface area contributed by atoms with Crippen LogP contribution in [0.3, 0.4) is 0 Å². The van der Waals surface area contributed by atoms with E-state index in [4.69, 9.17) is 5.41 Å². The molecule has 2 N–H and O–H groups in total. The molecule has 26 heavy (non-hydrogen) atoms. The average molecular weight is 378 g/mol. The van der Waals surface area contributed by atoms with E-state index in [2.05, 4.69) is 5.32 Å². The first-order chi connectivity index (χ1) is 12.4. The molecule has 0 unspecified atom stereocenters. The van der Waals surface area contributed by atoms with E-state index in [-0.39, 0.29) is 16.8 Å². The van der Waals surface area contributed by atoms with Gasteiger partial charge in [0.1, 0.15) is 0 Å². The zero-order valence-corrected chi connectivity index (χ0v) is 15.9. The molecule has 0 aromatic heterocycles. The highest BCUT2D eigenvalue weighted by atomic mass is 32.2. The van der Waals surface area contributed by atoms with Gasteiger partial charge in [-0.1, -0.05) is 25.0 Å². The van der Waals surface area contributed by atoms with Crippen LogP contribution < -0.4 is 5.32 Å². The lowest BCUT2D eigenvalue weighted by Gasteiger charge is -2.26. The predicted molar refractivity (Wildman–Crippen MR) is 99.4 cm³/mol. The Kier molecular flexibility index (Phi) is 5.50. The number of rotatable bonds is 6. The molecule has 1 amide bonds. The van der Waals surface area contributed by atoms with Crippen molar-refractivity contribution in [3.05, 3.63) is 29.8 Å². The van der Waals surface area contributed by atoms with E-state index in [1.165, 1.54) is 11.2 Å². The zero-order chi connectivity index (χ0) is 18.7. The van der Waals surface area contributed by atoms with Gasteiger partial charge in [-0.15, -0.1) is 0 Å². The van der Waals surface area contributed by atoms with E-state index in [0.29, 0.717) is 32.1 Å². The molecular weight excluding hydrogens is 352 g/mol. The molecule has 1 heterocycles. The maximum atomic E-state index is 12.9. The number of nitrogens with zero attached hydrogens (tertiary/aromatic N) is 2. The molecule has 8 heteroatoms. The van der Waals surface area contributed by atoms with E-state index in [0.717, 1.165) is 31.2 Å². The largest absolute Gasteiger partial charge is 0.356 e. The van der Waals surface area contributed by atoms with Crippen LogP contribution in [0.15, 0.2) is 29.2 Å². The molecule has 1 aromatic carbocycles. The van der Waals surface area contributed by atoms with Gasteiger partial charge in [0, 0.05) is 26.1 Å². The lowest BCUT2D eigenvalue weighted by atomic mass is 10.1. The van der Waals surface area contributed by atoms with Crippen molar-refractivity contribution in [2.24, 2.45) is 0 Å². The maximum absolute atomic E-state index is 12.9. The van der Waals surface area contributed by atoms with E-state index >= 15 is 0 Å². The van der Waals surface area contributed by atoms with Crippen molar-refractivity contribution in [2.45, 2.75) is 50.0 Å². The monoisotopic (exact) mass is 378 g/mol. The Morgan fingerprint density at radius 2 is 1.85 bits per heavy atom. The first-order valence-electron chi connectivity index (χ1n) is 9.11. The van der Waals surface area contributed by atoms with Crippen LogP contribution in [0, 0.1) is 5.41 Å². The van der Waals surface area contributed by atoms with Crippen LogP contribution in [0.1, 0.15) is 38.2 Å². The predicted octanol–water partition coefficient (Wildman–Crippen LogP) is 1.55. The fourth-order valence-corrected chi connectivity index (χ4v) is 5.09. The second-order valence-electron chi connectivity index (χ2n) is 6.91. The lowest BCUT2D eigenvalue weighted by molar-refractivity contribution is -0.118. The highest BCUT2D eigenvalue weighted by molar-refractivity contribution is 7.89. The Hall–Kier alpha value is -2.09. The highest BCUT2D eigenvalue weighted by Gasteiger charge is 2.38. The minimum Gasteiger partial charge on any atom is -0.356 e. The van der Waals surface area contributed by atoms with Crippen LogP contribution in [-0.4, -0.2) is 55.2 Å². The Bertz CT molecular complexity index is 770. The summed E-state index contributed by atoms with van der Waals surface area (Å²) in [6.45, 7) is 2.92.